The van der Waals surface area contributed by atoms with Crippen LogP contribution >= 0.6 is 27.5 Å². The summed E-state index contributed by atoms with van der Waals surface area (Å²) in [5, 5.41) is 3.80. The van der Waals surface area contributed by atoms with Crippen LogP contribution in [0.4, 0.5) is 5.69 Å². The number of anilines is 1. The van der Waals surface area contributed by atoms with Crippen LogP contribution in [0, 0.1) is 0 Å². The number of ether oxygens (including phenoxy) is 1. The number of halogens is 2. The zero-order chi connectivity index (χ0) is 15.5. The molecule has 0 fully saturated rings. The Morgan fingerprint density at radius 1 is 1.33 bits per heavy atom. The SMILES string of the molecule is COC(=O)C(C)(Nc1ccc(Cl)c(Br)c1)c1ccncc1. The monoisotopic (exact) mass is 368 g/mol. The van der Waals surface area contributed by atoms with Crippen LogP contribution < -0.4 is 5.32 Å². The molecule has 0 saturated heterocycles. The molecule has 0 amide bonds. The molecular weight excluding hydrogens is 356 g/mol. The number of carbonyl (C=O) groups excluding carboxylic acids is 1. The summed E-state index contributed by atoms with van der Waals surface area (Å²) in [6, 6.07) is 8.90. The molecule has 0 spiro atoms. The fourth-order valence-corrected chi connectivity index (χ4v) is 2.49. The third-order valence-electron chi connectivity index (χ3n) is 3.17. The molecule has 0 aliphatic carbocycles. The summed E-state index contributed by atoms with van der Waals surface area (Å²) in [7, 11) is 1.36. The first-order chi connectivity index (χ1) is 9.97. The molecule has 4 nitrogen and oxygen atoms in total. The van der Waals surface area contributed by atoms with Gasteiger partial charge in [-0.2, -0.15) is 0 Å². The summed E-state index contributed by atoms with van der Waals surface area (Å²) in [5.41, 5.74) is 0.483. The Labute approximate surface area is 136 Å². The number of rotatable bonds is 4. The van der Waals surface area contributed by atoms with Gasteiger partial charge in [0, 0.05) is 22.6 Å². The average Bonchev–Trinajstić information content (AvgIpc) is 2.51. The molecule has 1 heterocycles. The van der Waals surface area contributed by atoms with Crippen LogP contribution in [0.5, 0.6) is 0 Å². The van der Waals surface area contributed by atoms with E-state index in [-0.39, 0.29) is 5.97 Å². The highest BCUT2D eigenvalue weighted by atomic mass is 79.9. The quantitative estimate of drug-likeness (QED) is 0.828. The van der Waals surface area contributed by atoms with E-state index >= 15 is 0 Å². The first-order valence-electron chi connectivity index (χ1n) is 6.19. The summed E-state index contributed by atoms with van der Waals surface area (Å²) >= 11 is 9.35. The molecule has 6 heteroatoms. The van der Waals surface area contributed by atoms with Gasteiger partial charge in [-0.1, -0.05) is 11.6 Å². The van der Waals surface area contributed by atoms with Gasteiger partial charge in [0.2, 0.25) is 0 Å². The van der Waals surface area contributed by atoms with E-state index in [9.17, 15) is 4.79 Å². The average molecular weight is 370 g/mol. The third kappa shape index (κ3) is 3.36. The van der Waals surface area contributed by atoms with Gasteiger partial charge >= 0.3 is 5.97 Å². The smallest absolute Gasteiger partial charge is 0.335 e. The molecule has 21 heavy (non-hydrogen) atoms. The van der Waals surface area contributed by atoms with Gasteiger partial charge in [0.25, 0.3) is 0 Å². The first-order valence-corrected chi connectivity index (χ1v) is 7.36. The van der Waals surface area contributed by atoms with Crippen LogP contribution in [0.25, 0.3) is 0 Å². The van der Waals surface area contributed by atoms with Crippen LogP contribution in [0.3, 0.4) is 0 Å². The predicted molar refractivity (Wildman–Crippen MR) is 86.4 cm³/mol. The molecular formula is C15H14BrClN2O2. The minimum Gasteiger partial charge on any atom is -0.467 e. The highest BCUT2D eigenvalue weighted by Gasteiger charge is 2.36. The number of methoxy groups -OCH3 is 1. The zero-order valence-corrected chi connectivity index (χ0v) is 13.9. The Morgan fingerprint density at radius 2 is 2.00 bits per heavy atom. The summed E-state index contributed by atoms with van der Waals surface area (Å²) in [6.45, 7) is 1.76. The Morgan fingerprint density at radius 3 is 2.57 bits per heavy atom. The maximum Gasteiger partial charge on any atom is 0.335 e. The van der Waals surface area contributed by atoms with E-state index in [1.165, 1.54) is 7.11 Å². The van der Waals surface area contributed by atoms with E-state index in [4.69, 9.17) is 16.3 Å². The molecule has 0 bridgehead atoms. The number of aromatic nitrogens is 1. The van der Waals surface area contributed by atoms with Gasteiger partial charge in [0.15, 0.2) is 5.54 Å². The summed E-state index contributed by atoms with van der Waals surface area (Å²) in [6.07, 6.45) is 3.27. The molecule has 1 unspecified atom stereocenters. The fourth-order valence-electron chi connectivity index (χ4n) is 1.99. The van der Waals surface area contributed by atoms with Gasteiger partial charge in [-0.15, -0.1) is 0 Å². The van der Waals surface area contributed by atoms with E-state index in [1.54, 1.807) is 43.6 Å². The summed E-state index contributed by atoms with van der Waals surface area (Å²) < 4.78 is 5.68. The number of carbonyl (C=O) groups is 1. The van der Waals surface area contributed by atoms with E-state index in [0.29, 0.717) is 5.02 Å². The van der Waals surface area contributed by atoms with Crippen LogP contribution in [0.1, 0.15) is 12.5 Å². The van der Waals surface area contributed by atoms with Crippen molar-refractivity contribution in [2.75, 3.05) is 12.4 Å². The highest BCUT2D eigenvalue weighted by molar-refractivity contribution is 9.10. The normalized spacial score (nSPS) is 13.3. The lowest BCUT2D eigenvalue weighted by Gasteiger charge is -2.29. The van der Waals surface area contributed by atoms with E-state index in [0.717, 1.165) is 15.7 Å². The van der Waals surface area contributed by atoms with Crippen molar-refractivity contribution in [2.24, 2.45) is 0 Å². The number of pyridine rings is 1. The summed E-state index contributed by atoms with van der Waals surface area (Å²) in [4.78, 5) is 16.2. The second-order valence-electron chi connectivity index (χ2n) is 4.61. The molecule has 1 atom stereocenters. The van der Waals surface area contributed by atoms with E-state index in [1.807, 2.05) is 6.07 Å². The van der Waals surface area contributed by atoms with E-state index < -0.39 is 5.54 Å². The predicted octanol–water partition coefficient (Wildman–Crippen LogP) is 4.00. The Balaban J connectivity index is 2.41. The number of hydrogen-bond donors (Lipinski definition) is 1. The summed E-state index contributed by atoms with van der Waals surface area (Å²) in [5.74, 6) is -0.389. The van der Waals surface area contributed by atoms with Crippen molar-refractivity contribution in [3.8, 4) is 0 Å². The van der Waals surface area contributed by atoms with Gasteiger partial charge in [-0.05, 0) is 58.7 Å². The van der Waals surface area contributed by atoms with Crippen molar-refractivity contribution in [1.82, 2.24) is 4.98 Å². The topological polar surface area (TPSA) is 51.2 Å². The van der Waals surface area contributed by atoms with Gasteiger partial charge < -0.3 is 10.1 Å². The van der Waals surface area contributed by atoms with Crippen molar-refractivity contribution in [3.05, 3.63) is 57.8 Å². The fraction of sp³-hybridized carbons (Fsp3) is 0.200. The molecule has 1 N–H and O–H groups in total. The Kier molecular flexibility index (Phi) is 4.85. The van der Waals surface area contributed by atoms with Crippen molar-refractivity contribution in [2.45, 2.75) is 12.5 Å². The Hall–Kier alpha value is -1.59. The van der Waals surface area contributed by atoms with Crippen LogP contribution in [0.15, 0.2) is 47.2 Å². The molecule has 2 aromatic rings. The number of nitrogens with zero attached hydrogens (tertiary/aromatic N) is 1. The molecule has 1 aromatic carbocycles. The lowest BCUT2D eigenvalue weighted by Crippen LogP contribution is -2.41. The molecule has 1 aromatic heterocycles. The highest BCUT2D eigenvalue weighted by Crippen LogP contribution is 2.31. The lowest BCUT2D eigenvalue weighted by atomic mass is 9.92. The molecule has 0 aliphatic heterocycles. The van der Waals surface area contributed by atoms with Gasteiger partial charge in [0.05, 0.1) is 12.1 Å². The molecule has 110 valence electrons. The van der Waals surface area contributed by atoms with Crippen molar-refractivity contribution < 1.29 is 9.53 Å². The molecule has 0 radical (unpaired) electrons. The number of esters is 1. The molecule has 2 rings (SSSR count). The van der Waals surface area contributed by atoms with Crippen LogP contribution in [-0.2, 0) is 15.1 Å². The van der Waals surface area contributed by atoms with Crippen molar-refractivity contribution >= 4 is 39.2 Å². The zero-order valence-electron chi connectivity index (χ0n) is 11.6. The maximum absolute atomic E-state index is 12.2. The number of nitrogens with one attached hydrogen (secondary N) is 1. The second-order valence-corrected chi connectivity index (χ2v) is 5.87. The number of benzene rings is 1. The third-order valence-corrected chi connectivity index (χ3v) is 4.38. The molecule has 0 saturated carbocycles. The molecule has 0 aliphatic rings. The minimum absolute atomic E-state index is 0.389. The van der Waals surface area contributed by atoms with Gasteiger partial charge in [0.1, 0.15) is 0 Å². The first kappa shape index (κ1) is 15.8. The minimum atomic E-state index is -1.02. The van der Waals surface area contributed by atoms with Crippen molar-refractivity contribution in [3.63, 3.8) is 0 Å². The Bertz CT molecular complexity index is 651. The standard InChI is InChI=1S/C15H14BrClN2O2/c1-15(14(20)21-2,10-5-7-18-8-6-10)19-11-3-4-13(17)12(16)9-11/h3-9,19H,1-2H3. The van der Waals surface area contributed by atoms with E-state index in [2.05, 4.69) is 26.2 Å². The second kappa shape index (κ2) is 6.45. The number of hydrogen-bond acceptors (Lipinski definition) is 4. The lowest BCUT2D eigenvalue weighted by molar-refractivity contribution is -0.145. The van der Waals surface area contributed by atoms with Gasteiger partial charge in [-0.25, -0.2) is 4.79 Å². The van der Waals surface area contributed by atoms with Crippen LogP contribution in [-0.4, -0.2) is 18.1 Å². The maximum atomic E-state index is 12.2. The van der Waals surface area contributed by atoms with Gasteiger partial charge in [-0.3, -0.25) is 4.98 Å². The van der Waals surface area contributed by atoms with Crippen LogP contribution in [0.2, 0.25) is 5.02 Å². The van der Waals surface area contributed by atoms with Crippen molar-refractivity contribution in [1.29, 1.82) is 0 Å². The largest absolute Gasteiger partial charge is 0.467 e.